The maximum atomic E-state index is 8.68. The van der Waals surface area contributed by atoms with Gasteiger partial charge in [-0.05, 0) is 19.8 Å². The third kappa shape index (κ3) is 4.03. The predicted molar refractivity (Wildman–Crippen MR) is 68.8 cm³/mol. The highest BCUT2D eigenvalue weighted by molar-refractivity contribution is 5.37. The van der Waals surface area contributed by atoms with Gasteiger partial charge in [0.05, 0.1) is 30.1 Å². The van der Waals surface area contributed by atoms with Crippen molar-refractivity contribution in [3.05, 3.63) is 17.6 Å². The molecular weight excluding hydrogens is 212 g/mol. The normalized spacial score (nSPS) is 10.4. The molecule has 92 valence electrons. The molecule has 0 saturated carbocycles. The van der Waals surface area contributed by atoms with Crippen LogP contribution >= 0.6 is 0 Å². The summed E-state index contributed by atoms with van der Waals surface area (Å²) in [5, 5.41) is 8.68. The van der Waals surface area contributed by atoms with Gasteiger partial charge in [0.15, 0.2) is 0 Å². The number of nitrogens with zero attached hydrogens (tertiary/aromatic N) is 4. The van der Waals surface area contributed by atoms with E-state index >= 15 is 0 Å². The third-order valence-electron chi connectivity index (χ3n) is 2.58. The van der Waals surface area contributed by atoms with Gasteiger partial charge in [0.25, 0.3) is 0 Å². The zero-order valence-electron chi connectivity index (χ0n) is 11.1. The number of aromatic nitrogens is 2. The summed E-state index contributed by atoms with van der Waals surface area (Å²) in [6.07, 6.45) is 2.31. The van der Waals surface area contributed by atoms with Crippen molar-refractivity contribution in [1.82, 2.24) is 9.97 Å². The zero-order chi connectivity index (χ0) is 12.8. The van der Waals surface area contributed by atoms with Gasteiger partial charge in [0, 0.05) is 13.1 Å². The molecule has 1 heterocycles. The van der Waals surface area contributed by atoms with Gasteiger partial charge in [-0.25, -0.2) is 4.98 Å². The number of anilines is 1. The molecular formula is C13H20N4. The van der Waals surface area contributed by atoms with E-state index in [4.69, 9.17) is 5.26 Å². The van der Waals surface area contributed by atoms with Crippen molar-refractivity contribution in [3.8, 4) is 6.07 Å². The fraction of sp³-hybridized carbons (Fsp3) is 0.615. The van der Waals surface area contributed by atoms with Crippen LogP contribution in [0.15, 0.2) is 6.20 Å². The molecule has 1 aromatic heterocycles. The van der Waals surface area contributed by atoms with Crippen LogP contribution in [0.2, 0.25) is 0 Å². The highest BCUT2D eigenvalue weighted by Gasteiger charge is 2.11. The third-order valence-corrected chi connectivity index (χ3v) is 2.58. The van der Waals surface area contributed by atoms with Crippen molar-refractivity contribution in [2.45, 2.75) is 34.1 Å². The van der Waals surface area contributed by atoms with Crippen molar-refractivity contribution in [3.63, 3.8) is 0 Å². The van der Waals surface area contributed by atoms with Crippen LogP contribution in [-0.4, -0.2) is 23.1 Å². The smallest absolute Gasteiger partial charge is 0.147 e. The molecule has 0 saturated heterocycles. The predicted octanol–water partition coefficient (Wildman–Crippen LogP) is 2.47. The Kier molecular flexibility index (Phi) is 4.89. The molecule has 0 amide bonds. The number of rotatable bonds is 5. The molecule has 1 aromatic rings. The molecule has 0 atom stereocenters. The molecule has 0 bridgehead atoms. The molecule has 0 aromatic carbocycles. The fourth-order valence-corrected chi connectivity index (χ4v) is 1.61. The molecule has 0 N–H and O–H groups in total. The van der Waals surface area contributed by atoms with Gasteiger partial charge in [-0.2, -0.15) is 5.26 Å². The maximum Gasteiger partial charge on any atom is 0.147 e. The van der Waals surface area contributed by atoms with Crippen LogP contribution in [0.1, 0.15) is 31.7 Å². The lowest BCUT2D eigenvalue weighted by Crippen LogP contribution is -2.29. The van der Waals surface area contributed by atoms with Crippen LogP contribution in [0, 0.1) is 31.1 Å². The highest BCUT2D eigenvalue weighted by Crippen LogP contribution is 2.14. The Hall–Kier alpha value is -1.63. The summed E-state index contributed by atoms with van der Waals surface area (Å²) in [5.41, 5.74) is 1.91. The van der Waals surface area contributed by atoms with E-state index in [-0.39, 0.29) is 0 Å². The minimum Gasteiger partial charge on any atom is -0.354 e. The molecule has 1 rings (SSSR count). The molecule has 4 nitrogen and oxygen atoms in total. The van der Waals surface area contributed by atoms with Crippen molar-refractivity contribution in [2.75, 3.05) is 18.0 Å². The molecule has 17 heavy (non-hydrogen) atoms. The first-order chi connectivity index (χ1) is 8.04. The van der Waals surface area contributed by atoms with E-state index in [1.165, 1.54) is 0 Å². The number of hydrogen-bond acceptors (Lipinski definition) is 4. The molecule has 0 aliphatic rings. The summed E-state index contributed by atoms with van der Waals surface area (Å²) < 4.78 is 0. The van der Waals surface area contributed by atoms with Crippen LogP contribution < -0.4 is 4.90 Å². The van der Waals surface area contributed by atoms with Crippen molar-refractivity contribution >= 4 is 5.82 Å². The van der Waals surface area contributed by atoms with E-state index in [0.717, 1.165) is 23.8 Å². The second-order valence-electron chi connectivity index (χ2n) is 4.65. The lowest BCUT2D eigenvalue weighted by Gasteiger charge is -2.24. The monoisotopic (exact) mass is 232 g/mol. The molecule has 4 heteroatoms. The molecule has 0 aliphatic heterocycles. The second kappa shape index (κ2) is 6.19. The SMILES string of the molecule is Cc1ncc(N(CCC#N)CC(C)C)nc1C. The summed E-state index contributed by atoms with van der Waals surface area (Å²) in [6.45, 7) is 9.85. The summed E-state index contributed by atoms with van der Waals surface area (Å²) >= 11 is 0. The number of hydrogen-bond donors (Lipinski definition) is 0. The average molecular weight is 232 g/mol. The Balaban J connectivity index is 2.87. The summed E-state index contributed by atoms with van der Waals surface area (Å²) in [5.74, 6) is 1.41. The molecule has 0 aliphatic carbocycles. The molecule has 0 fully saturated rings. The Labute approximate surface area is 103 Å². The van der Waals surface area contributed by atoms with Crippen LogP contribution in [0.3, 0.4) is 0 Å². The lowest BCUT2D eigenvalue weighted by atomic mass is 10.2. The second-order valence-corrected chi connectivity index (χ2v) is 4.65. The van der Waals surface area contributed by atoms with Crippen LogP contribution in [0.5, 0.6) is 0 Å². The minimum atomic E-state index is 0.515. The molecule has 0 unspecified atom stereocenters. The van der Waals surface area contributed by atoms with Crippen LogP contribution in [0.25, 0.3) is 0 Å². The van der Waals surface area contributed by atoms with Gasteiger partial charge in [-0.3, -0.25) is 4.98 Å². The fourth-order valence-electron chi connectivity index (χ4n) is 1.61. The minimum absolute atomic E-state index is 0.515. The van der Waals surface area contributed by atoms with Gasteiger partial charge < -0.3 is 4.90 Å². The van der Waals surface area contributed by atoms with E-state index in [2.05, 4.69) is 34.8 Å². The van der Waals surface area contributed by atoms with E-state index in [0.29, 0.717) is 18.9 Å². The standard InChI is InChI=1S/C13H20N4/c1-10(2)9-17(7-5-6-14)13-8-15-11(3)12(4)16-13/h8,10H,5,7,9H2,1-4H3. The molecule has 0 radical (unpaired) electrons. The van der Waals surface area contributed by atoms with E-state index < -0.39 is 0 Å². The Morgan fingerprint density at radius 2 is 2.06 bits per heavy atom. The topological polar surface area (TPSA) is 52.8 Å². The highest BCUT2D eigenvalue weighted by atomic mass is 15.2. The summed E-state index contributed by atoms with van der Waals surface area (Å²) in [4.78, 5) is 11.0. The first kappa shape index (κ1) is 13.4. The summed E-state index contributed by atoms with van der Waals surface area (Å²) in [6, 6.07) is 2.18. The van der Waals surface area contributed by atoms with E-state index in [9.17, 15) is 0 Å². The largest absolute Gasteiger partial charge is 0.354 e. The zero-order valence-corrected chi connectivity index (χ0v) is 11.1. The first-order valence-electron chi connectivity index (χ1n) is 5.96. The van der Waals surface area contributed by atoms with Gasteiger partial charge >= 0.3 is 0 Å². The number of nitriles is 1. The van der Waals surface area contributed by atoms with Crippen LogP contribution in [-0.2, 0) is 0 Å². The average Bonchev–Trinajstić information content (AvgIpc) is 2.27. The van der Waals surface area contributed by atoms with Gasteiger partial charge in [-0.1, -0.05) is 13.8 Å². The van der Waals surface area contributed by atoms with E-state index in [1.807, 2.05) is 13.8 Å². The van der Waals surface area contributed by atoms with Crippen molar-refractivity contribution in [2.24, 2.45) is 5.92 Å². The van der Waals surface area contributed by atoms with Gasteiger partial charge in [0.1, 0.15) is 5.82 Å². The van der Waals surface area contributed by atoms with E-state index in [1.54, 1.807) is 6.20 Å². The van der Waals surface area contributed by atoms with Gasteiger partial charge in [-0.15, -0.1) is 0 Å². The Bertz CT molecular complexity index is 406. The molecule has 0 spiro atoms. The lowest BCUT2D eigenvalue weighted by molar-refractivity contribution is 0.606. The maximum absolute atomic E-state index is 8.68. The van der Waals surface area contributed by atoms with Crippen LogP contribution in [0.4, 0.5) is 5.82 Å². The Morgan fingerprint density at radius 1 is 1.35 bits per heavy atom. The number of aryl methyl sites for hydroxylation is 2. The van der Waals surface area contributed by atoms with Gasteiger partial charge in [0.2, 0.25) is 0 Å². The summed E-state index contributed by atoms with van der Waals surface area (Å²) in [7, 11) is 0. The van der Waals surface area contributed by atoms with Crippen molar-refractivity contribution in [1.29, 1.82) is 5.26 Å². The Morgan fingerprint density at radius 3 is 2.59 bits per heavy atom. The quantitative estimate of drug-likeness (QED) is 0.782. The van der Waals surface area contributed by atoms with Crippen molar-refractivity contribution < 1.29 is 0 Å². The first-order valence-corrected chi connectivity index (χ1v) is 5.96.